The minimum absolute atomic E-state index is 0.0284. The second kappa shape index (κ2) is 11.9. The van der Waals surface area contributed by atoms with Gasteiger partial charge in [-0.1, -0.05) is 109 Å². The number of benzene rings is 4. The topological polar surface area (TPSA) is 119 Å². The van der Waals surface area contributed by atoms with Crippen LogP contribution >= 0.6 is 0 Å². The normalized spacial score (nSPS) is 21.7. The van der Waals surface area contributed by atoms with Crippen LogP contribution in [0.25, 0.3) is 11.1 Å². The summed E-state index contributed by atoms with van der Waals surface area (Å²) in [6.45, 7) is 4.95. The maximum atomic E-state index is 14.5. The molecule has 8 nitrogen and oxygen atoms in total. The lowest BCUT2D eigenvalue weighted by atomic mass is 9.78. The van der Waals surface area contributed by atoms with Crippen LogP contribution in [0.15, 0.2) is 109 Å². The maximum Gasteiger partial charge on any atom is 0.325 e. The first kappa shape index (κ1) is 31.2. The average molecular weight is 619 g/mol. The zero-order valence-corrected chi connectivity index (χ0v) is 26.2. The van der Waals surface area contributed by atoms with Crippen molar-refractivity contribution < 1.29 is 29.0 Å². The van der Waals surface area contributed by atoms with Crippen LogP contribution in [-0.2, 0) is 36.0 Å². The van der Waals surface area contributed by atoms with Gasteiger partial charge in [0.2, 0.25) is 0 Å². The van der Waals surface area contributed by atoms with E-state index in [9.17, 15) is 19.5 Å². The fraction of sp³-hybridized carbons (Fsp3) is 0.289. The molecule has 3 atom stereocenters. The highest BCUT2D eigenvalue weighted by atomic mass is 16.6. The minimum atomic E-state index is -2.00. The van der Waals surface area contributed by atoms with Crippen LogP contribution in [0.2, 0.25) is 0 Å². The molecule has 8 heteroatoms. The number of hydrogen-bond acceptors (Lipinski definition) is 7. The molecule has 1 aliphatic carbocycles. The monoisotopic (exact) mass is 618 g/mol. The molecule has 3 N–H and O–H groups in total. The van der Waals surface area contributed by atoms with Crippen molar-refractivity contribution in [2.75, 3.05) is 6.54 Å². The van der Waals surface area contributed by atoms with E-state index in [1.54, 1.807) is 20.8 Å². The third-order valence-corrected chi connectivity index (χ3v) is 9.03. The van der Waals surface area contributed by atoms with E-state index in [4.69, 9.17) is 15.2 Å². The van der Waals surface area contributed by atoms with E-state index in [2.05, 4.69) is 0 Å². The van der Waals surface area contributed by atoms with E-state index in [-0.39, 0.29) is 13.2 Å². The Labute approximate surface area is 268 Å². The van der Waals surface area contributed by atoms with E-state index in [0.29, 0.717) is 0 Å². The van der Waals surface area contributed by atoms with E-state index in [0.717, 1.165) is 33.4 Å². The summed E-state index contributed by atoms with van der Waals surface area (Å²) in [6.07, 6.45) is -0.393. The van der Waals surface area contributed by atoms with Crippen molar-refractivity contribution in [1.82, 2.24) is 4.90 Å². The summed E-state index contributed by atoms with van der Waals surface area (Å²) in [7, 11) is 0. The van der Waals surface area contributed by atoms with Gasteiger partial charge < -0.3 is 20.3 Å². The first-order valence-corrected chi connectivity index (χ1v) is 15.4. The Morgan fingerprint density at radius 1 is 0.826 bits per heavy atom. The molecule has 4 aromatic carbocycles. The zero-order valence-electron chi connectivity index (χ0n) is 26.2. The molecule has 0 saturated carbocycles. The number of rotatable bonds is 8. The number of hydrogen-bond donors (Lipinski definition) is 2. The first-order chi connectivity index (χ1) is 22.0. The van der Waals surface area contributed by atoms with Gasteiger partial charge in [0, 0.05) is 12.5 Å². The summed E-state index contributed by atoms with van der Waals surface area (Å²) in [6, 6.07) is 33.6. The molecule has 1 aliphatic heterocycles. The summed E-state index contributed by atoms with van der Waals surface area (Å²) in [4.78, 5) is 43.0. The van der Waals surface area contributed by atoms with Gasteiger partial charge in [0.15, 0.2) is 0 Å². The van der Waals surface area contributed by atoms with Crippen molar-refractivity contribution >= 4 is 17.9 Å². The number of nitrogens with two attached hydrogens (primary N) is 1. The minimum Gasteiger partial charge on any atom is -0.480 e. The lowest BCUT2D eigenvalue weighted by Gasteiger charge is -2.44. The van der Waals surface area contributed by atoms with Crippen LogP contribution in [0.3, 0.4) is 0 Å². The molecular formula is C38H38N2O6. The van der Waals surface area contributed by atoms with Crippen molar-refractivity contribution in [3.8, 4) is 11.1 Å². The fourth-order valence-electron chi connectivity index (χ4n) is 7.19. The predicted molar refractivity (Wildman–Crippen MR) is 173 cm³/mol. The van der Waals surface area contributed by atoms with E-state index < -0.39 is 53.0 Å². The van der Waals surface area contributed by atoms with Crippen molar-refractivity contribution in [2.45, 2.75) is 56.5 Å². The highest BCUT2D eigenvalue weighted by Crippen LogP contribution is 2.57. The molecule has 0 radical (unpaired) electrons. The van der Waals surface area contributed by atoms with Crippen molar-refractivity contribution in [3.05, 3.63) is 131 Å². The van der Waals surface area contributed by atoms with E-state index in [1.165, 1.54) is 0 Å². The van der Waals surface area contributed by atoms with Gasteiger partial charge in [0.1, 0.15) is 23.8 Å². The number of esters is 2. The molecule has 0 bridgehead atoms. The highest BCUT2D eigenvalue weighted by molar-refractivity contribution is 5.89. The fourth-order valence-corrected chi connectivity index (χ4v) is 7.19. The van der Waals surface area contributed by atoms with Gasteiger partial charge in [-0.25, -0.2) is 0 Å². The van der Waals surface area contributed by atoms with Crippen LogP contribution in [-0.4, -0.2) is 51.6 Å². The summed E-state index contributed by atoms with van der Waals surface area (Å²) >= 11 is 0. The molecule has 6 rings (SSSR count). The third-order valence-electron chi connectivity index (χ3n) is 9.03. The second-order valence-corrected chi connectivity index (χ2v) is 13.1. The summed E-state index contributed by atoms with van der Waals surface area (Å²) in [5.41, 5.74) is 8.22. The van der Waals surface area contributed by atoms with Gasteiger partial charge in [0.05, 0.1) is 12.0 Å². The number of carboxylic acid groups (broad SMARTS) is 1. The van der Waals surface area contributed by atoms with Crippen LogP contribution in [0, 0.1) is 5.92 Å². The van der Waals surface area contributed by atoms with Crippen molar-refractivity contribution in [2.24, 2.45) is 11.7 Å². The number of carbonyl (C=O) groups excluding carboxylic acids is 2. The number of fused-ring (bicyclic) bond motifs is 3. The Morgan fingerprint density at radius 3 is 1.89 bits per heavy atom. The Balaban J connectivity index is 1.58. The number of likely N-dealkylation sites (tertiary alicyclic amines) is 1. The lowest BCUT2D eigenvalue weighted by molar-refractivity contribution is -0.159. The van der Waals surface area contributed by atoms with Crippen LogP contribution in [0.5, 0.6) is 0 Å². The predicted octanol–water partition coefficient (Wildman–Crippen LogP) is 5.52. The quantitative estimate of drug-likeness (QED) is 0.248. The molecule has 46 heavy (non-hydrogen) atoms. The molecular weight excluding hydrogens is 580 g/mol. The molecule has 236 valence electrons. The number of carbonyl (C=O) groups is 3. The van der Waals surface area contributed by atoms with Crippen LogP contribution in [0.1, 0.15) is 49.4 Å². The van der Waals surface area contributed by atoms with E-state index >= 15 is 0 Å². The molecule has 1 saturated heterocycles. The Morgan fingerprint density at radius 2 is 1.35 bits per heavy atom. The Hall–Kier alpha value is -4.79. The Bertz CT molecular complexity index is 1720. The molecule has 4 aromatic rings. The van der Waals surface area contributed by atoms with Crippen molar-refractivity contribution in [3.63, 3.8) is 0 Å². The molecule has 0 amide bonds. The Kier molecular flexibility index (Phi) is 8.04. The lowest BCUT2D eigenvalue weighted by Crippen LogP contribution is -2.56. The van der Waals surface area contributed by atoms with Gasteiger partial charge in [0.25, 0.3) is 0 Å². The highest BCUT2D eigenvalue weighted by Gasteiger charge is 2.65. The number of nitrogens with zero attached hydrogens (tertiary/aromatic N) is 1. The average Bonchev–Trinajstić information content (AvgIpc) is 3.50. The number of carboxylic acids is 1. The zero-order chi connectivity index (χ0) is 32.7. The molecule has 2 aliphatic rings. The van der Waals surface area contributed by atoms with Gasteiger partial charge in [-0.15, -0.1) is 0 Å². The summed E-state index contributed by atoms with van der Waals surface area (Å²) in [5, 5.41) is 10.7. The number of aliphatic carboxylic acids is 1. The molecule has 0 aromatic heterocycles. The van der Waals surface area contributed by atoms with E-state index in [1.807, 2.05) is 114 Å². The molecule has 0 unspecified atom stereocenters. The van der Waals surface area contributed by atoms with Gasteiger partial charge in [-0.3, -0.25) is 19.3 Å². The third kappa shape index (κ3) is 5.27. The molecule has 1 fully saturated rings. The summed E-state index contributed by atoms with van der Waals surface area (Å²) < 4.78 is 11.6. The molecule has 1 heterocycles. The standard InChI is InChI=1S/C38H38N2O6/c1-36(2,3)46-32(41)22-31-33(34(42)45-23-25-14-6-4-7-15-25)40(24-37(31,39)35(43)44)38(26-16-8-5-9-17-26)29-20-12-10-18-27(29)28-19-11-13-21-30(28)38/h4-21,31,33H,22-24,39H2,1-3H3,(H,43,44)/t31-,33-,37-/m0/s1. The largest absolute Gasteiger partial charge is 0.480 e. The van der Waals surface area contributed by atoms with Gasteiger partial charge in [-0.05, 0) is 54.2 Å². The summed E-state index contributed by atoms with van der Waals surface area (Å²) in [5.74, 6) is -3.80. The van der Waals surface area contributed by atoms with Gasteiger partial charge in [-0.2, -0.15) is 0 Å². The van der Waals surface area contributed by atoms with Crippen LogP contribution < -0.4 is 5.73 Å². The van der Waals surface area contributed by atoms with Crippen LogP contribution in [0.4, 0.5) is 0 Å². The number of ether oxygens (including phenoxy) is 2. The smallest absolute Gasteiger partial charge is 0.325 e. The van der Waals surface area contributed by atoms with Crippen molar-refractivity contribution in [1.29, 1.82) is 0 Å². The molecule has 0 spiro atoms. The van der Waals surface area contributed by atoms with Gasteiger partial charge >= 0.3 is 17.9 Å². The second-order valence-electron chi connectivity index (χ2n) is 13.1. The SMILES string of the molecule is CC(C)(C)OC(=O)C[C@H]1[C@@H](C(=O)OCc2ccccc2)N(C2(c3ccccc3)c3ccccc3-c3ccccc32)C[C@@]1(N)C(=O)O. The maximum absolute atomic E-state index is 14.5. The first-order valence-electron chi connectivity index (χ1n) is 15.4.